The number of pyridine rings is 1. The molecular formula is C33H39N7O5. The summed E-state index contributed by atoms with van der Waals surface area (Å²) in [6.07, 6.45) is 2.64. The Kier molecular flexibility index (Phi) is 10.1. The molecule has 0 aliphatic carbocycles. The minimum absolute atomic E-state index is 0.198. The molecule has 0 saturated carbocycles. The standard InChI is InChI=1S/C33H39N7O5/c1-32(2,3)27-19-28(38-30(42)37-23-9-13-25(14-10-23)44-26-15-17-34-18-16-26)40(39-27)24-11-7-22(8-12-24)20-35-29(41)21-36-31(43)45-33(4,5)6/h7-19H,20-21H2,1-6H3,(H,35,41)(H,36,43)(H2,37,38,42). The van der Waals surface area contributed by atoms with E-state index in [4.69, 9.17) is 14.6 Å². The summed E-state index contributed by atoms with van der Waals surface area (Å²) in [6.45, 7) is 11.4. The maximum Gasteiger partial charge on any atom is 0.408 e. The van der Waals surface area contributed by atoms with Crippen LogP contribution in [-0.2, 0) is 21.5 Å². The molecule has 0 radical (unpaired) electrons. The largest absolute Gasteiger partial charge is 0.457 e. The van der Waals surface area contributed by atoms with E-state index in [-0.39, 0.29) is 24.4 Å². The van der Waals surface area contributed by atoms with Crippen molar-refractivity contribution in [1.29, 1.82) is 0 Å². The lowest BCUT2D eigenvalue weighted by molar-refractivity contribution is -0.120. The monoisotopic (exact) mass is 613 g/mol. The van der Waals surface area contributed by atoms with E-state index >= 15 is 0 Å². The molecule has 2 heterocycles. The fourth-order valence-corrected chi connectivity index (χ4v) is 3.95. The average Bonchev–Trinajstić information content (AvgIpc) is 3.40. The first-order chi connectivity index (χ1) is 21.2. The van der Waals surface area contributed by atoms with Crippen LogP contribution in [0.3, 0.4) is 0 Å². The predicted molar refractivity (Wildman–Crippen MR) is 172 cm³/mol. The van der Waals surface area contributed by atoms with E-state index in [1.807, 2.05) is 51.1 Å². The summed E-state index contributed by atoms with van der Waals surface area (Å²) in [7, 11) is 0. The van der Waals surface area contributed by atoms with Crippen LogP contribution >= 0.6 is 0 Å². The van der Waals surface area contributed by atoms with E-state index in [1.54, 1.807) is 74.2 Å². The average molecular weight is 614 g/mol. The molecule has 0 atom stereocenters. The Hall–Kier alpha value is -5.39. The van der Waals surface area contributed by atoms with Gasteiger partial charge in [0.15, 0.2) is 0 Å². The first-order valence-corrected chi connectivity index (χ1v) is 14.4. The summed E-state index contributed by atoms with van der Waals surface area (Å²) in [6, 6.07) is 19.4. The second kappa shape index (κ2) is 13.9. The van der Waals surface area contributed by atoms with Crippen LogP contribution in [0.1, 0.15) is 52.8 Å². The minimum atomic E-state index is -0.654. The molecule has 0 unspecified atom stereocenters. The number of hydrogen-bond acceptors (Lipinski definition) is 7. The highest BCUT2D eigenvalue weighted by atomic mass is 16.6. The van der Waals surface area contributed by atoms with Gasteiger partial charge in [0.1, 0.15) is 29.5 Å². The maximum atomic E-state index is 13.0. The zero-order valence-electron chi connectivity index (χ0n) is 26.3. The number of nitrogens with zero attached hydrogens (tertiary/aromatic N) is 3. The van der Waals surface area contributed by atoms with Gasteiger partial charge in [0.2, 0.25) is 5.91 Å². The molecule has 4 rings (SSSR count). The molecule has 0 saturated heterocycles. The Morgan fingerprint density at radius 2 is 1.44 bits per heavy atom. The molecule has 236 valence electrons. The smallest absolute Gasteiger partial charge is 0.408 e. The van der Waals surface area contributed by atoms with Gasteiger partial charge in [0, 0.05) is 36.1 Å². The Balaban J connectivity index is 1.37. The molecular weight excluding hydrogens is 574 g/mol. The molecule has 12 heteroatoms. The van der Waals surface area contributed by atoms with Gasteiger partial charge in [-0.3, -0.25) is 15.1 Å². The predicted octanol–water partition coefficient (Wildman–Crippen LogP) is 6.14. The van der Waals surface area contributed by atoms with Crippen LogP contribution in [0.15, 0.2) is 79.1 Å². The van der Waals surface area contributed by atoms with Crippen molar-refractivity contribution >= 4 is 29.5 Å². The van der Waals surface area contributed by atoms with Crippen molar-refractivity contribution < 1.29 is 23.9 Å². The van der Waals surface area contributed by atoms with Crippen LogP contribution in [0, 0.1) is 0 Å². The van der Waals surface area contributed by atoms with E-state index in [1.165, 1.54) is 0 Å². The van der Waals surface area contributed by atoms with E-state index in [2.05, 4.69) is 26.3 Å². The SMILES string of the molecule is CC(C)(C)OC(=O)NCC(=O)NCc1ccc(-n2nc(C(C)(C)C)cc2NC(=O)Nc2ccc(Oc3ccncc3)cc2)cc1. The number of anilines is 2. The van der Waals surface area contributed by atoms with Gasteiger partial charge in [0.05, 0.1) is 11.4 Å². The van der Waals surface area contributed by atoms with Gasteiger partial charge in [0.25, 0.3) is 0 Å². The fourth-order valence-electron chi connectivity index (χ4n) is 3.95. The van der Waals surface area contributed by atoms with Crippen LogP contribution in [-0.4, -0.2) is 44.9 Å². The quantitative estimate of drug-likeness (QED) is 0.177. The van der Waals surface area contributed by atoms with Gasteiger partial charge < -0.3 is 25.4 Å². The molecule has 2 aromatic carbocycles. The molecule has 0 aliphatic rings. The summed E-state index contributed by atoms with van der Waals surface area (Å²) in [5.41, 5.74) is 2.04. The van der Waals surface area contributed by atoms with Crippen LogP contribution in [0.2, 0.25) is 0 Å². The molecule has 2 aromatic heterocycles. The van der Waals surface area contributed by atoms with Gasteiger partial charge in [-0.15, -0.1) is 0 Å². The third-order valence-electron chi connectivity index (χ3n) is 6.18. The number of aromatic nitrogens is 3. The first-order valence-electron chi connectivity index (χ1n) is 14.4. The zero-order chi connectivity index (χ0) is 32.6. The van der Waals surface area contributed by atoms with Crippen molar-refractivity contribution in [2.75, 3.05) is 17.2 Å². The summed E-state index contributed by atoms with van der Waals surface area (Å²) in [4.78, 5) is 40.9. The molecule has 12 nitrogen and oxygen atoms in total. The Bertz CT molecular complexity index is 1600. The molecule has 0 bridgehead atoms. The van der Waals surface area contributed by atoms with Gasteiger partial charge in [-0.1, -0.05) is 32.9 Å². The maximum absolute atomic E-state index is 13.0. The highest BCUT2D eigenvalue weighted by Crippen LogP contribution is 2.27. The van der Waals surface area contributed by atoms with E-state index in [0.717, 1.165) is 16.9 Å². The van der Waals surface area contributed by atoms with Gasteiger partial charge >= 0.3 is 12.1 Å². The van der Waals surface area contributed by atoms with Crippen molar-refractivity contribution in [2.24, 2.45) is 0 Å². The Morgan fingerprint density at radius 3 is 2.07 bits per heavy atom. The van der Waals surface area contributed by atoms with Gasteiger partial charge in [-0.25, -0.2) is 14.3 Å². The summed E-state index contributed by atoms with van der Waals surface area (Å²) in [5, 5.41) is 15.7. The number of benzene rings is 2. The number of carbonyl (C=O) groups is 3. The molecule has 0 aliphatic heterocycles. The molecule has 4 N–H and O–H groups in total. The Labute approximate surface area is 262 Å². The number of urea groups is 1. The molecule has 4 aromatic rings. The first kappa shape index (κ1) is 32.5. The highest BCUT2D eigenvalue weighted by Gasteiger charge is 2.22. The van der Waals surface area contributed by atoms with Crippen LogP contribution in [0.5, 0.6) is 11.5 Å². The van der Waals surface area contributed by atoms with Crippen LogP contribution < -0.4 is 26.0 Å². The lowest BCUT2D eigenvalue weighted by atomic mass is 9.92. The lowest BCUT2D eigenvalue weighted by Gasteiger charge is -2.19. The summed E-state index contributed by atoms with van der Waals surface area (Å²) < 4.78 is 12.6. The zero-order valence-corrected chi connectivity index (χ0v) is 26.3. The number of alkyl carbamates (subject to hydrolysis) is 1. The normalized spacial score (nSPS) is 11.3. The topological polar surface area (TPSA) is 148 Å². The van der Waals surface area contributed by atoms with Crippen LogP contribution in [0.4, 0.5) is 21.1 Å². The molecule has 0 fully saturated rings. The molecule has 4 amide bonds. The number of hydrogen-bond donors (Lipinski definition) is 4. The number of amides is 4. The molecule has 45 heavy (non-hydrogen) atoms. The lowest BCUT2D eigenvalue weighted by Crippen LogP contribution is -2.39. The number of ether oxygens (including phenoxy) is 2. The van der Waals surface area contributed by atoms with Gasteiger partial charge in [-0.2, -0.15) is 5.10 Å². The number of rotatable bonds is 9. The van der Waals surface area contributed by atoms with Crippen molar-refractivity contribution in [2.45, 2.75) is 59.1 Å². The van der Waals surface area contributed by atoms with Crippen molar-refractivity contribution in [1.82, 2.24) is 25.4 Å². The summed E-state index contributed by atoms with van der Waals surface area (Å²) >= 11 is 0. The second-order valence-corrected chi connectivity index (χ2v) is 12.3. The van der Waals surface area contributed by atoms with E-state index in [9.17, 15) is 14.4 Å². The Morgan fingerprint density at radius 1 is 0.800 bits per heavy atom. The van der Waals surface area contributed by atoms with E-state index < -0.39 is 17.7 Å². The minimum Gasteiger partial charge on any atom is -0.457 e. The fraction of sp³-hybridized carbons (Fsp3) is 0.303. The highest BCUT2D eigenvalue weighted by molar-refractivity contribution is 5.99. The molecule has 0 spiro atoms. The second-order valence-electron chi connectivity index (χ2n) is 12.3. The van der Waals surface area contributed by atoms with Crippen LogP contribution in [0.25, 0.3) is 5.69 Å². The van der Waals surface area contributed by atoms with Crippen molar-refractivity contribution in [3.63, 3.8) is 0 Å². The van der Waals surface area contributed by atoms with Gasteiger partial charge in [-0.05, 0) is 74.9 Å². The number of nitrogens with one attached hydrogen (secondary N) is 4. The summed E-state index contributed by atoms with van der Waals surface area (Å²) in [5.74, 6) is 1.43. The third kappa shape index (κ3) is 10.1. The van der Waals surface area contributed by atoms with Crippen molar-refractivity contribution in [3.8, 4) is 17.2 Å². The van der Waals surface area contributed by atoms with E-state index in [0.29, 0.717) is 23.0 Å². The van der Waals surface area contributed by atoms with Crippen molar-refractivity contribution in [3.05, 3.63) is 90.4 Å². The third-order valence-corrected chi connectivity index (χ3v) is 6.18. The number of carbonyl (C=O) groups excluding carboxylic acids is 3.